The van der Waals surface area contributed by atoms with Crippen LogP contribution in [0.5, 0.6) is 0 Å². The van der Waals surface area contributed by atoms with E-state index in [1.54, 1.807) is 30.3 Å². The van der Waals surface area contributed by atoms with Crippen LogP contribution in [0.3, 0.4) is 0 Å². The average molecular weight is 356 g/mol. The molecule has 1 heterocycles. The van der Waals surface area contributed by atoms with E-state index in [4.69, 9.17) is 0 Å². The summed E-state index contributed by atoms with van der Waals surface area (Å²) in [6.07, 6.45) is 1.92. The molecule has 5 nitrogen and oxygen atoms in total. The van der Waals surface area contributed by atoms with Crippen molar-refractivity contribution in [2.24, 2.45) is 0 Å². The van der Waals surface area contributed by atoms with Crippen LogP contribution in [0.4, 0.5) is 11.5 Å². The number of aromatic nitrogens is 2. The third-order valence-corrected chi connectivity index (χ3v) is 4.15. The lowest BCUT2D eigenvalue weighted by atomic mass is 10.3. The van der Waals surface area contributed by atoms with Crippen molar-refractivity contribution in [3.05, 3.63) is 40.8 Å². The molecule has 1 aromatic heterocycles. The number of hydrogen-bond acceptors (Lipinski definition) is 5. The molecule has 0 aliphatic carbocycles. The summed E-state index contributed by atoms with van der Waals surface area (Å²) in [6.45, 7) is 1.98. The molecular weight excluding hydrogens is 342 g/mol. The van der Waals surface area contributed by atoms with E-state index in [9.17, 15) is 8.42 Å². The molecule has 1 aromatic carbocycles. The number of nitrogens with zero attached hydrogens (tertiary/aromatic N) is 2. The van der Waals surface area contributed by atoms with Gasteiger partial charge in [0.2, 0.25) is 0 Å². The first-order valence-electron chi connectivity index (χ1n) is 5.99. The number of hydrogen-bond donors (Lipinski definition) is 1. The number of halogens is 1. The molecule has 2 aromatic rings. The first-order chi connectivity index (χ1) is 9.38. The zero-order valence-electron chi connectivity index (χ0n) is 11.1. The van der Waals surface area contributed by atoms with E-state index >= 15 is 0 Å². The zero-order chi connectivity index (χ0) is 14.8. The Morgan fingerprint density at radius 1 is 1.20 bits per heavy atom. The van der Waals surface area contributed by atoms with Crippen LogP contribution in [0.15, 0.2) is 39.8 Å². The molecule has 106 valence electrons. The SMILES string of the molecule is CCc1nc(Br)cc(Nc2ccc(S(C)(=O)=O)cc2)n1. The summed E-state index contributed by atoms with van der Waals surface area (Å²) in [5.74, 6) is 1.39. The molecule has 0 aliphatic heterocycles. The second-order valence-corrected chi connectivity index (χ2v) is 7.10. The Hall–Kier alpha value is -1.47. The van der Waals surface area contributed by atoms with Crippen LogP contribution in [0.25, 0.3) is 0 Å². The topological polar surface area (TPSA) is 72.0 Å². The monoisotopic (exact) mass is 355 g/mol. The second-order valence-electron chi connectivity index (χ2n) is 4.27. The predicted molar refractivity (Wildman–Crippen MR) is 81.9 cm³/mol. The van der Waals surface area contributed by atoms with Crippen molar-refractivity contribution in [3.63, 3.8) is 0 Å². The van der Waals surface area contributed by atoms with Crippen molar-refractivity contribution in [2.75, 3.05) is 11.6 Å². The fourth-order valence-corrected chi connectivity index (χ4v) is 2.67. The zero-order valence-corrected chi connectivity index (χ0v) is 13.5. The van der Waals surface area contributed by atoms with Gasteiger partial charge in [0.25, 0.3) is 0 Å². The largest absolute Gasteiger partial charge is 0.340 e. The van der Waals surface area contributed by atoms with Gasteiger partial charge in [0.1, 0.15) is 16.2 Å². The van der Waals surface area contributed by atoms with E-state index in [1.807, 2.05) is 6.92 Å². The molecule has 0 aliphatic rings. The lowest BCUT2D eigenvalue weighted by Crippen LogP contribution is -2.00. The molecule has 0 fully saturated rings. The molecule has 0 radical (unpaired) electrons. The van der Waals surface area contributed by atoms with E-state index in [0.717, 1.165) is 17.9 Å². The van der Waals surface area contributed by atoms with Crippen molar-refractivity contribution in [2.45, 2.75) is 18.2 Å². The van der Waals surface area contributed by atoms with Gasteiger partial charge in [-0.3, -0.25) is 0 Å². The summed E-state index contributed by atoms with van der Waals surface area (Å²) in [4.78, 5) is 8.87. The van der Waals surface area contributed by atoms with Gasteiger partial charge in [0.05, 0.1) is 4.90 Å². The van der Waals surface area contributed by atoms with Gasteiger partial charge in [0, 0.05) is 24.4 Å². The van der Waals surface area contributed by atoms with Crippen molar-refractivity contribution < 1.29 is 8.42 Å². The van der Waals surface area contributed by atoms with Gasteiger partial charge in [-0.05, 0) is 40.2 Å². The minimum Gasteiger partial charge on any atom is -0.340 e. The van der Waals surface area contributed by atoms with Crippen molar-refractivity contribution in [1.29, 1.82) is 0 Å². The summed E-state index contributed by atoms with van der Waals surface area (Å²) in [5.41, 5.74) is 0.769. The maximum atomic E-state index is 11.4. The third-order valence-electron chi connectivity index (χ3n) is 2.61. The lowest BCUT2D eigenvalue weighted by Gasteiger charge is -2.08. The Labute approximate surface area is 126 Å². The van der Waals surface area contributed by atoms with Gasteiger partial charge in [-0.15, -0.1) is 0 Å². The quantitative estimate of drug-likeness (QED) is 0.853. The summed E-state index contributed by atoms with van der Waals surface area (Å²) >= 11 is 3.33. The van der Waals surface area contributed by atoms with Crippen LogP contribution in [0, 0.1) is 0 Å². The van der Waals surface area contributed by atoms with Gasteiger partial charge >= 0.3 is 0 Å². The minimum absolute atomic E-state index is 0.293. The highest BCUT2D eigenvalue weighted by Gasteiger charge is 2.07. The Morgan fingerprint density at radius 3 is 2.40 bits per heavy atom. The molecule has 0 saturated carbocycles. The predicted octanol–water partition coefficient (Wildman–Crippen LogP) is 2.95. The molecule has 20 heavy (non-hydrogen) atoms. The normalized spacial score (nSPS) is 11.3. The van der Waals surface area contributed by atoms with Crippen LogP contribution >= 0.6 is 15.9 Å². The van der Waals surface area contributed by atoms with Gasteiger partial charge in [0.15, 0.2) is 9.84 Å². The number of nitrogens with one attached hydrogen (secondary N) is 1. The second kappa shape index (κ2) is 5.88. The molecule has 0 spiro atoms. The molecule has 0 saturated heterocycles. The average Bonchev–Trinajstić information content (AvgIpc) is 2.37. The van der Waals surface area contributed by atoms with E-state index in [1.165, 1.54) is 6.26 Å². The van der Waals surface area contributed by atoms with Crippen LogP contribution in [0.2, 0.25) is 0 Å². The molecule has 7 heteroatoms. The van der Waals surface area contributed by atoms with Crippen LogP contribution in [0.1, 0.15) is 12.7 Å². The maximum absolute atomic E-state index is 11.4. The molecule has 0 unspecified atom stereocenters. The van der Waals surface area contributed by atoms with E-state index < -0.39 is 9.84 Å². The molecule has 2 rings (SSSR count). The summed E-state index contributed by atoms with van der Waals surface area (Å²) in [7, 11) is -3.17. The van der Waals surface area contributed by atoms with Gasteiger partial charge in [-0.1, -0.05) is 6.92 Å². The molecule has 0 amide bonds. The summed E-state index contributed by atoms with van der Waals surface area (Å²) < 4.78 is 23.5. The summed E-state index contributed by atoms with van der Waals surface area (Å²) in [6, 6.07) is 8.31. The highest BCUT2D eigenvalue weighted by atomic mass is 79.9. The molecule has 0 bridgehead atoms. The van der Waals surface area contributed by atoms with E-state index in [-0.39, 0.29) is 0 Å². The number of rotatable bonds is 4. The van der Waals surface area contributed by atoms with Crippen LogP contribution < -0.4 is 5.32 Å². The molecule has 0 atom stereocenters. The Balaban J connectivity index is 2.24. The highest BCUT2D eigenvalue weighted by Crippen LogP contribution is 2.20. The van der Waals surface area contributed by atoms with E-state index in [2.05, 4.69) is 31.2 Å². The lowest BCUT2D eigenvalue weighted by molar-refractivity contribution is 0.602. The fraction of sp³-hybridized carbons (Fsp3) is 0.231. The number of sulfone groups is 1. The number of benzene rings is 1. The Bertz CT molecular complexity index is 715. The van der Waals surface area contributed by atoms with Crippen LogP contribution in [-0.2, 0) is 16.3 Å². The van der Waals surface area contributed by atoms with Gasteiger partial charge in [-0.25, -0.2) is 18.4 Å². The highest BCUT2D eigenvalue weighted by molar-refractivity contribution is 9.10. The van der Waals surface area contributed by atoms with Crippen molar-refractivity contribution in [1.82, 2.24) is 9.97 Å². The molecular formula is C13H14BrN3O2S. The van der Waals surface area contributed by atoms with Gasteiger partial charge < -0.3 is 5.32 Å². The standard InChI is InChI=1S/C13H14BrN3O2S/c1-3-12-16-11(14)8-13(17-12)15-9-4-6-10(7-5-9)20(2,18)19/h4-8H,3H2,1-2H3,(H,15,16,17). The molecule has 1 N–H and O–H groups in total. The first kappa shape index (κ1) is 14.9. The van der Waals surface area contributed by atoms with Gasteiger partial charge in [-0.2, -0.15) is 0 Å². The van der Waals surface area contributed by atoms with E-state index in [0.29, 0.717) is 15.3 Å². The Kier molecular flexibility index (Phi) is 4.39. The first-order valence-corrected chi connectivity index (χ1v) is 8.67. The number of anilines is 2. The fourth-order valence-electron chi connectivity index (χ4n) is 1.62. The van der Waals surface area contributed by atoms with Crippen molar-refractivity contribution in [3.8, 4) is 0 Å². The minimum atomic E-state index is -3.17. The third kappa shape index (κ3) is 3.77. The summed E-state index contributed by atoms with van der Waals surface area (Å²) in [5, 5.41) is 3.12. The maximum Gasteiger partial charge on any atom is 0.175 e. The smallest absolute Gasteiger partial charge is 0.175 e. The van der Waals surface area contributed by atoms with Crippen molar-refractivity contribution >= 4 is 37.3 Å². The Morgan fingerprint density at radius 2 is 1.85 bits per heavy atom. The number of aryl methyl sites for hydroxylation is 1. The van der Waals surface area contributed by atoms with Crippen LogP contribution in [-0.4, -0.2) is 24.6 Å².